The Labute approximate surface area is 90.6 Å². The maximum atomic E-state index is 12.2. The lowest BCUT2D eigenvalue weighted by Crippen LogP contribution is -2.55. The highest BCUT2D eigenvalue weighted by Crippen LogP contribution is 2.56. The van der Waals surface area contributed by atoms with Crippen LogP contribution in [0.3, 0.4) is 0 Å². The Balaban J connectivity index is 1.74. The first kappa shape index (κ1) is 10.1. The zero-order valence-electron chi connectivity index (χ0n) is 9.03. The van der Waals surface area contributed by atoms with E-state index in [2.05, 4.69) is 0 Å². The minimum Gasteiger partial charge on any atom is -0.383 e. The minimum absolute atomic E-state index is 0.360. The molecule has 15 heavy (non-hydrogen) atoms. The van der Waals surface area contributed by atoms with E-state index >= 15 is 0 Å². The topological polar surface area (TPSA) is 46.6 Å². The Hall–Kier alpha value is -0.130. The van der Waals surface area contributed by atoms with Crippen LogP contribution in [0.1, 0.15) is 25.7 Å². The number of hydrogen-bond donors (Lipinski definition) is 0. The Morgan fingerprint density at radius 1 is 1.20 bits per heavy atom. The van der Waals surface area contributed by atoms with E-state index in [0.717, 1.165) is 25.9 Å². The van der Waals surface area contributed by atoms with Crippen molar-refractivity contribution in [2.75, 3.05) is 26.8 Å². The summed E-state index contributed by atoms with van der Waals surface area (Å²) in [6.07, 6.45) is 3.98. The smallest absolute Gasteiger partial charge is 0.222 e. The van der Waals surface area contributed by atoms with Crippen LogP contribution in [0.5, 0.6) is 0 Å². The van der Waals surface area contributed by atoms with Crippen LogP contribution in [0.25, 0.3) is 0 Å². The zero-order chi connectivity index (χ0) is 10.7. The molecule has 86 valence electrons. The van der Waals surface area contributed by atoms with E-state index in [-0.39, 0.29) is 0 Å². The van der Waals surface area contributed by atoms with Crippen LogP contribution in [0, 0.1) is 5.41 Å². The highest BCUT2D eigenvalue weighted by Gasteiger charge is 2.63. The number of hydrogen-bond acceptors (Lipinski definition) is 3. The lowest BCUT2D eigenvalue weighted by atomic mass is 10.0. The predicted molar refractivity (Wildman–Crippen MR) is 56.0 cm³/mol. The fraction of sp³-hybridized carbons (Fsp3) is 1.00. The van der Waals surface area contributed by atoms with Gasteiger partial charge < -0.3 is 4.74 Å². The standard InChI is InChI=1S/C10H17NO3S/c1-14-8-10(4-5-10)15(12,13)11-6-9(7-11)2-3-9/h2-8H2,1H3. The van der Waals surface area contributed by atoms with Crippen LogP contribution in [0.15, 0.2) is 0 Å². The normalized spacial score (nSPS) is 31.3. The molecule has 2 aliphatic carbocycles. The molecule has 0 aromatic heterocycles. The van der Waals surface area contributed by atoms with E-state index in [1.54, 1.807) is 11.4 Å². The SMILES string of the molecule is COCC1(S(=O)(=O)N2CC3(CC3)C2)CC1. The van der Waals surface area contributed by atoms with Gasteiger partial charge in [0.05, 0.1) is 6.61 Å². The van der Waals surface area contributed by atoms with Gasteiger partial charge in [0.1, 0.15) is 4.75 Å². The van der Waals surface area contributed by atoms with Gasteiger partial charge in [0.15, 0.2) is 0 Å². The van der Waals surface area contributed by atoms with Crippen molar-refractivity contribution in [2.45, 2.75) is 30.4 Å². The second kappa shape index (κ2) is 2.76. The molecule has 0 radical (unpaired) electrons. The van der Waals surface area contributed by atoms with E-state index in [1.165, 1.54) is 12.8 Å². The molecule has 0 unspecified atom stereocenters. The summed E-state index contributed by atoms with van der Waals surface area (Å²) in [4.78, 5) is 0. The van der Waals surface area contributed by atoms with Gasteiger partial charge in [0.25, 0.3) is 0 Å². The molecule has 0 N–H and O–H groups in total. The van der Waals surface area contributed by atoms with Gasteiger partial charge in [-0.2, -0.15) is 0 Å². The van der Waals surface area contributed by atoms with Crippen LogP contribution >= 0.6 is 0 Å². The molecular weight excluding hydrogens is 214 g/mol. The first-order chi connectivity index (χ1) is 7.04. The zero-order valence-corrected chi connectivity index (χ0v) is 9.85. The fourth-order valence-corrected chi connectivity index (χ4v) is 4.84. The van der Waals surface area contributed by atoms with Gasteiger partial charge in [-0.15, -0.1) is 0 Å². The highest BCUT2D eigenvalue weighted by molar-refractivity contribution is 7.90. The summed E-state index contributed by atoms with van der Waals surface area (Å²) in [5, 5.41) is 0. The summed E-state index contributed by atoms with van der Waals surface area (Å²) >= 11 is 0. The number of rotatable bonds is 4. The van der Waals surface area contributed by atoms with Crippen molar-refractivity contribution in [1.82, 2.24) is 4.31 Å². The summed E-state index contributed by atoms with van der Waals surface area (Å²) in [6, 6.07) is 0. The van der Waals surface area contributed by atoms with Crippen LogP contribution in [-0.4, -0.2) is 44.3 Å². The number of sulfonamides is 1. The van der Waals surface area contributed by atoms with Crippen molar-refractivity contribution < 1.29 is 13.2 Å². The maximum Gasteiger partial charge on any atom is 0.222 e. The molecule has 0 aromatic carbocycles. The third-order valence-electron chi connectivity index (χ3n) is 4.08. The number of methoxy groups -OCH3 is 1. The second-order valence-electron chi connectivity index (χ2n) is 5.39. The molecular formula is C10H17NO3S. The van der Waals surface area contributed by atoms with Crippen molar-refractivity contribution in [3.63, 3.8) is 0 Å². The van der Waals surface area contributed by atoms with Crippen molar-refractivity contribution in [1.29, 1.82) is 0 Å². The predicted octanol–water partition coefficient (Wildman–Crippen LogP) is 0.591. The fourth-order valence-electron chi connectivity index (χ4n) is 2.52. The van der Waals surface area contributed by atoms with E-state index in [4.69, 9.17) is 4.74 Å². The monoisotopic (exact) mass is 231 g/mol. The van der Waals surface area contributed by atoms with Gasteiger partial charge in [-0.05, 0) is 31.1 Å². The highest BCUT2D eigenvalue weighted by atomic mass is 32.2. The molecule has 3 aliphatic rings. The van der Waals surface area contributed by atoms with Crippen molar-refractivity contribution in [3.8, 4) is 0 Å². The van der Waals surface area contributed by atoms with Crippen LogP contribution < -0.4 is 0 Å². The van der Waals surface area contributed by atoms with Gasteiger partial charge in [-0.3, -0.25) is 0 Å². The van der Waals surface area contributed by atoms with Crippen molar-refractivity contribution in [2.24, 2.45) is 5.41 Å². The molecule has 1 aliphatic heterocycles. The molecule has 4 nitrogen and oxygen atoms in total. The van der Waals surface area contributed by atoms with Gasteiger partial charge in [-0.1, -0.05) is 0 Å². The molecule has 1 heterocycles. The van der Waals surface area contributed by atoms with E-state index in [0.29, 0.717) is 12.0 Å². The molecule has 0 atom stereocenters. The largest absolute Gasteiger partial charge is 0.383 e. The van der Waals surface area contributed by atoms with Gasteiger partial charge in [-0.25, -0.2) is 12.7 Å². The summed E-state index contributed by atoms with van der Waals surface area (Å²) < 4.78 is 30.6. The molecule has 5 heteroatoms. The van der Waals surface area contributed by atoms with Crippen LogP contribution in [0.4, 0.5) is 0 Å². The molecule has 1 saturated heterocycles. The lowest BCUT2D eigenvalue weighted by molar-refractivity contribution is 0.160. The average molecular weight is 231 g/mol. The number of ether oxygens (including phenoxy) is 1. The average Bonchev–Trinajstić information content (AvgIpc) is 2.97. The van der Waals surface area contributed by atoms with Gasteiger partial charge in [0, 0.05) is 20.2 Å². The third kappa shape index (κ3) is 1.29. The summed E-state index contributed by atoms with van der Waals surface area (Å²) in [7, 11) is -1.50. The molecule has 2 saturated carbocycles. The van der Waals surface area contributed by atoms with E-state index in [9.17, 15) is 8.42 Å². The Kier molecular flexibility index (Phi) is 1.85. The molecule has 0 amide bonds. The maximum absolute atomic E-state index is 12.2. The first-order valence-electron chi connectivity index (χ1n) is 5.52. The molecule has 0 aromatic rings. The first-order valence-corrected chi connectivity index (χ1v) is 6.96. The van der Waals surface area contributed by atoms with Gasteiger partial charge >= 0.3 is 0 Å². The second-order valence-corrected chi connectivity index (χ2v) is 7.72. The molecule has 1 spiro atoms. The summed E-state index contributed by atoms with van der Waals surface area (Å²) in [5.74, 6) is 0. The van der Waals surface area contributed by atoms with Crippen molar-refractivity contribution in [3.05, 3.63) is 0 Å². The van der Waals surface area contributed by atoms with Crippen LogP contribution in [-0.2, 0) is 14.8 Å². The Morgan fingerprint density at radius 2 is 1.80 bits per heavy atom. The third-order valence-corrected chi connectivity index (χ3v) is 6.64. The van der Waals surface area contributed by atoms with Gasteiger partial charge in [0.2, 0.25) is 10.0 Å². The molecule has 3 fully saturated rings. The summed E-state index contributed by atoms with van der Waals surface area (Å²) in [6.45, 7) is 1.89. The van der Waals surface area contributed by atoms with Crippen LogP contribution in [0.2, 0.25) is 0 Å². The summed E-state index contributed by atoms with van der Waals surface area (Å²) in [5.41, 5.74) is 0.399. The molecule has 3 rings (SSSR count). The Bertz CT molecular complexity index is 373. The minimum atomic E-state index is -3.08. The van der Waals surface area contributed by atoms with E-state index < -0.39 is 14.8 Å². The lowest BCUT2D eigenvalue weighted by Gasteiger charge is -2.40. The molecule has 0 bridgehead atoms. The number of nitrogens with zero attached hydrogens (tertiary/aromatic N) is 1. The Morgan fingerprint density at radius 3 is 2.20 bits per heavy atom. The van der Waals surface area contributed by atoms with E-state index in [1.807, 2.05) is 0 Å². The van der Waals surface area contributed by atoms with Crippen molar-refractivity contribution >= 4 is 10.0 Å². The quantitative estimate of drug-likeness (QED) is 0.711.